The van der Waals surface area contributed by atoms with E-state index >= 15 is 0 Å². The molecular formula is C24H43O3P. The molecule has 0 saturated carbocycles. The van der Waals surface area contributed by atoms with Crippen LogP contribution in [-0.2, 0) is 4.74 Å². The molecule has 0 atom stereocenters. The molecular weight excluding hydrogens is 367 g/mol. The molecule has 0 aliphatic carbocycles. The second-order valence-corrected chi connectivity index (χ2v) is 14.7. The van der Waals surface area contributed by atoms with Crippen LogP contribution in [0.25, 0.3) is 0 Å². The number of esters is 1. The van der Waals surface area contributed by atoms with Gasteiger partial charge in [0.25, 0.3) is 0 Å². The van der Waals surface area contributed by atoms with Crippen LogP contribution in [0.15, 0.2) is 18.2 Å². The number of hydrogen-bond acceptors (Lipinski definition) is 3. The molecule has 0 radical (unpaired) electrons. The molecule has 162 valence electrons. The van der Waals surface area contributed by atoms with Crippen LogP contribution >= 0.6 is 6.60 Å². The van der Waals surface area contributed by atoms with E-state index in [1.54, 1.807) is 6.07 Å². The van der Waals surface area contributed by atoms with Gasteiger partial charge in [0, 0.05) is 0 Å². The van der Waals surface area contributed by atoms with Gasteiger partial charge in [-0.2, -0.15) is 0 Å². The van der Waals surface area contributed by atoms with Gasteiger partial charge in [0.1, 0.15) is 0 Å². The van der Waals surface area contributed by atoms with Crippen LogP contribution in [0.1, 0.15) is 89.4 Å². The van der Waals surface area contributed by atoms with Crippen LogP contribution in [-0.4, -0.2) is 42.8 Å². The zero-order valence-electron chi connectivity index (χ0n) is 18.9. The van der Waals surface area contributed by atoms with Crippen molar-refractivity contribution in [1.29, 1.82) is 0 Å². The Morgan fingerprint density at radius 1 is 0.857 bits per heavy atom. The number of methoxy groups -OCH3 is 1. The Morgan fingerprint density at radius 2 is 1.29 bits per heavy atom. The molecule has 4 heteroatoms. The average molecular weight is 411 g/mol. The molecule has 0 unspecified atom stereocenters. The van der Waals surface area contributed by atoms with Gasteiger partial charge in [0.15, 0.2) is 0 Å². The minimum absolute atomic E-state index is 0.0316. The van der Waals surface area contributed by atoms with E-state index in [9.17, 15) is 9.90 Å². The first kappa shape index (κ1) is 25.0. The number of phenols is 1. The summed E-state index contributed by atoms with van der Waals surface area (Å²) in [6, 6.07) is 5.87. The van der Waals surface area contributed by atoms with E-state index in [4.69, 9.17) is 4.74 Å². The molecule has 0 saturated heterocycles. The van der Waals surface area contributed by atoms with Gasteiger partial charge >= 0.3 is 173 Å². The fourth-order valence-corrected chi connectivity index (χ4v) is 12.6. The number of hydrogen-bond donors (Lipinski definition) is 1. The van der Waals surface area contributed by atoms with E-state index in [0.29, 0.717) is 5.56 Å². The van der Waals surface area contributed by atoms with Crippen molar-refractivity contribution < 1.29 is 14.6 Å². The Bertz CT molecular complexity index is 568. The van der Waals surface area contributed by atoms with Gasteiger partial charge in [0.05, 0.1) is 0 Å². The van der Waals surface area contributed by atoms with Gasteiger partial charge in [0.2, 0.25) is 0 Å². The summed E-state index contributed by atoms with van der Waals surface area (Å²) in [7, 11) is 1.39. The van der Waals surface area contributed by atoms with E-state index < -0.39 is 12.6 Å². The van der Waals surface area contributed by atoms with Gasteiger partial charge in [-0.3, -0.25) is 0 Å². The van der Waals surface area contributed by atoms with Crippen molar-refractivity contribution in [2.45, 2.75) is 79.1 Å². The summed E-state index contributed by atoms with van der Waals surface area (Å²) in [5.74, 6) is -0.405. The van der Waals surface area contributed by atoms with E-state index in [2.05, 4.69) is 33.8 Å². The molecule has 1 aromatic carbocycles. The summed E-state index contributed by atoms with van der Waals surface area (Å²) in [5, 5.41) is 11.7. The third-order valence-corrected chi connectivity index (χ3v) is 14.2. The molecule has 0 heterocycles. The molecule has 0 amide bonds. The number of rotatable bonds is 14. The predicted molar refractivity (Wildman–Crippen MR) is 125 cm³/mol. The summed E-state index contributed by atoms with van der Waals surface area (Å²) in [5.41, 5.74) is 0.329. The number of unbranched alkanes of at least 4 members (excludes halogenated alkanes) is 4. The molecule has 0 aliphatic heterocycles. The van der Waals surface area contributed by atoms with Crippen LogP contribution in [0.2, 0.25) is 0 Å². The molecule has 0 spiro atoms. The summed E-state index contributed by atoms with van der Waals surface area (Å²) >= 11 is 0. The van der Waals surface area contributed by atoms with Crippen LogP contribution in [0.4, 0.5) is 0 Å². The number of aromatic hydroxyl groups is 1. The van der Waals surface area contributed by atoms with Crippen LogP contribution < -0.4 is 5.30 Å². The standard InChI is InChI=1S/C24H43O3P/c1-6-10-16-28(17-11-7-2,18-12-8-3,19-13-9-4)21-14-15-23(25)22(20-21)24(26)27-5/h14-15,20,25H,6-13,16-19H2,1-5H3. The monoisotopic (exact) mass is 410 g/mol. The first-order chi connectivity index (χ1) is 13.4. The summed E-state index contributed by atoms with van der Waals surface area (Å²) in [4.78, 5) is 12.3. The van der Waals surface area contributed by atoms with Crippen LogP contribution in [0.5, 0.6) is 5.75 Å². The number of phenolic OH excluding ortho intramolecular Hbond substituents is 1. The van der Waals surface area contributed by atoms with Crippen LogP contribution in [0.3, 0.4) is 0 Å². The summed E-state index contributed by atoms with van der Waals surface area (Å²) in [6.45, 7) is 6.88. The number of carbonyl (C=O) groups excluding carboxylic acids is 1. The zero-order chi connectivity index (χ0) is 21.1. The molecule has 3 nitrogen and oxygen atoms in total. The van der Waals surface area contributed by atoms with Crippen molar-refractivity contribution in [2.75, 3.05) is 31.8 Å². The van der Waals surface area contributed by atoms with Gasteiger partial charge in [-0.15, -0.1) is 0 Å². The van der Waals surface area contributed by atoms with Gasteiger partial charge in [-0.1, -0.05) is 0 Å². The molecule has 0 bridgehead atoms. The zero-order valence-corrected chi connectivity index (χ0v) is 19.8. The average Bonchev–Trinajstić information content (AvgIpc) is 2.73. The first-order valence-electron chi connectivity index (χ1n) is 11.3. The van der Waals surface area contributed by atoms with Crippen molar-refractivity contribution in [3.8, 4) is 5.75 Å². The number of ether oxygens (including phenoxy) is 1. The fourth-order valence-electron chi connectivity index (χ4n) is 4.67. The van der Waals surface area contributed by atoms with E-state index in [-0.39, 0.29) is 5.75 Å². The Morgan fingerprint density at radius 3 is 1.64 bits per heavy atom. The Balaban J connectivity index is 3.70. The SMILES string of the molecule is CCCCP(CCCC)(CCCC)(CCCC)c1ccc(O)c(C(=O)OC)c1. The van der Waals surface area contributed by atoms with Crippen molar-refractivity contribution in [1.82, 2.24) is 0 Å². The third-order valence-electron chi connectivity index (χ3n) is 6.51. The van der Waals surface area contributed by atoms with Gasteiger partial charge in [-0.05, 0) is 0 Å². The topological polar surface area (TPSA) is 46.5 Å². The molecule has 28 heavy (non-hydrogen) atoms. The number of benzene rings is 1. The van der Waals surface area contributed by atoms with Crippen molar-refractivity contribution >= 4 is 17.9 Å². The quantitative estimate of drug-likeness (QED) is 0.279. The Kier molecular flexibility index (Phi) is 10.5. The maximum absolute atomic E-state index is 12.3. The Labute approximate surface area is 173 Å². The van der Waals surface area contributed by atoms with Crippen molar-refractivity contribution in [2.24, 2.45) is 0 Å². The van der Waals surface area contributed by atoms with E-state index in [1.807, 2.05) is 6.07 Å². The third kappa shape index (κ3) is 5.72. The fraction of sp³-hybridized carbons (Fsp3) is 0.708. The second kappa shape index (κ2) is 11.8. The van der Waals surface area contributed by atoms with Gasteiger partial charge < -0.3 is 0 Å². The first-order valence-corrected chi connectivity index (χ1v) is 14.3. The van der Waals surface area contributed by atoms with Crippen molar-refractivity contribution in [3.63, 3.8) is 0 Å². The molecule has 0 aromatic heterocycles. The van der Waals surface area contributed by atoms with Gasteiger partial charge in [-0.25, -0.2) is 0 Å². The predicted octanol–water partition coefficient (Wildman–Crippen LogP) is 6.56. The maximum atomic E-state index is 12.3. The molecule has 1 rings (SSSR count). The van der Waals surface area contributed by atoms with Crippen LogP contribution in [0, 0.1) is 0 Å². The molecule has 0 aliphatic rings. The minimum atomic E-state index is -2.24. The Hall–Kier alpha value is -1.08. The molecule has 1 N–H and O–H groups in total. The van der Waals surface area contributed by atoms with E-state index in [0.717, 1.165) is 0 Å². The summed E-state index contributed by atoms with van der Waals surface area (Å²) < 4.78 is 4.96. The molecule has 0 fully saturated rings. The second-order valence-electron chi connectivity index (χ2n) is 8.48. The summed E-state index contributed by atoms with van der Waals surface area (Å²) in [6.07, 6.45) is 14.8. The number of carbonyl (C=O) groups is 1. The van der Waals surface area contributed by atoms with Crippen molar-refractivity contribution in [3.05, 3.63) is 23.8 Å². The molecule has 1 aromatic rings. The van der Waals surface area contributed by atoms with E-state index in [1.165, 1.54) is 88.4 Å². The normalized spacial score (nSPS) is 13.1.